The van der Waals surface area contributed by atoms with E-state index in [0.717, 1.165) is 5.71 Å². The van der Waals surface area contributed by atoms with Gasteiger partial charge >= 0.3 is 0 Å². The average molecular weight is 85.1 g/mol. The van der Waals surface area contributed by atoms with Crippen LogP contribution in [0.4, 0.5) is 0 Å². The summed E-state index contributed by atoms with van der Waals surface area (Å²) < 4.78 is 0. The molecule has 1 heterocycles. The van der Waals surface area contributed by atoms with Crippen LogP contribution in [0.15, 0.2) is 0 Å². The van der Waals surface area contributed by atoms with E-state index in [-0.39, 0.29) is 0 Å². The van der Waals surface area contributed by atoms with Crippen molar-refractivity contribution in [1.82, 2.24) is 10.9 Å². The van der Waals surface area contributed by atoms with Crippen LogP contribution in [0.5, 0.6) is 0 Å². The molecule has 0 aromatic carbocycles. The lowest BCUT2D eigenvalue weighted by Crippen LogP contribution is -2.21. The highest BCUT2D eigenvalue weighted by Crippen LogP contribution is 1.70. The van der Waals surface area contributed by atoms with E-state index in [9.17, 15) is 0 Å². The first-order valence-electron chi connectivity index (χ1n) is 1.91. The van der Waals surface area contributed by atoms with Gasteiger partial charge in [0, 0.05) is 18.8 Å². The van der Waals surface area contributed by atoms with Gasteiger partial charge in [-0.1, -0.05) is 0 Å². The second-order valence-electron chi connectivity index (χ2n) is 1.31. The lowest BCUT2D eigenvalue weighted by molar-refractivity contribution is 0.689. The molecule has 0 saturated carbocycles. The molecular weight excluding hydrogens is 78.1 g/mol. The van der Waals surface area contributed by atoms with Gasteiger partial charge < -0.3 is 5.41 Å². The lowest BCUT2D eigenvalue weighted by Gasteiger charge is -1.79. The average Bonchev–Trinajstić information content (AvgIpc) is 1.86. The Kier molecular flexibility index (Phi) is 0.856. The Morgan fingerprint density at radius 2 is 1.83 bits per heavy atom. The molecule has 1 aliphatic rings. The number of hydrogen-bond donors (Lipinski definition) is 3. The fraction of sp³-hybridized carbons (Fsp3) is 0.667. The van der Waals surface area contributed by atoms with E-state index in [2.05, 4.69) is 10.9 Å². The van der Waals surface area contributed by atoms with Crippen LogP contribution < -0.4 is 10.9 Å². The summed E-state index contributed by atoms with van der Waals surface area (Å²) in [6.07, 6.45) is 0. The third-order valence-electron chi connectivity index (χ3n) is 0.729. The van der Waals surface area contributed by atoms with Crippen LogP contribution >= 0.6 is 0 Å². The predicted octanol–water partition coefficient (Wildman–Crippen LogP) is -0.886. The van der Waals surface area contributed by atoms with Gasteiger partial charge in [-0.05, 0) is 0 Å². The first-order chi connectivity index (χ1) is 2.89. The summed E-state index contributed by atoms with van der Waals surface area (Å²) in [7, 11) is 0. The van der Waals surface area contributed by atoms with Crippen molar-refractivity contribution in [3.8, 4) is 0 Å². The maximum Gasteiger partial charge on any atom is 0.0491 e. The zero-order valence-electron chi connectivity index (χ0n) is 3.41. The maximum absolute atomic E-state index is 6.92. The van der Waals surface area contributed by atoms with E-state index < -0.39 is 0 Å². The Labute approximate surface area is 36.2 Å². The van der Waals surface area contributed by atoms with Crippen LogP contribution in [-0.2, 0) is 0 Å². The van der Waals surface area contributed by atoms with Gasteiger partial charge in [-0.15, -0.1) is 0 Å². The van der Waals surface area contributed by atoms with E-state index in [1.165, 1.54) is 0 Å². The van der Waals surface area contributed by atoms with Crippen LogP contribution in [0.1, 0.15) is 0 Å². The number of nitrogens with one attached hydrogen (secondary N) is 3. The van der Waals surface area contributed by atoms with Crippen LogP contribution in [-0.4, -0.2) is 18.8 Å². The number of hydrogen-bond acceptors (Lipinski definition) is 3. The molecule has 34 valence electrons. The highest BCUT2D eigenvalue weighted by Gasteiger charge is 2.00. The molecular formula is C3H7N3. The standard InChI is InChI=1S/C3H7N3/c4-3-1-5-6-2-3/h4-6H,1-2H2. The molecule has 0 spiro atoms. The molecule has 6 heavy (non-hydrogen) atoms. The molecule has 1 aliphatic heterocycles. The van der Waals surface area contributed by atoms with Crippen molar-refractivity contribution in [2.45, 2.75) is 0 Å². The molecule has 1 rings (SSSR count). The molecule has 0 amide bonds. The molecule has 0 atom stereocenters. The van der Waals surface area contributed by atoms with Crippen LogP contribution in [0.3, 0.4) is 0 Å². The van der Waals surface area contributed by atoms with Gasteiger partial charge in [-0.2, -0.15) is 0 Å². The van der Waals surface area contributed by atoms with E-state index in [1.54, 1.807) is 0 Å². The SMILES string of the molecule is N=C1CNNC1. The smallest absolute Gasteiger partial charge is 0.0491 e. The van der Waals surface area contributed by atoms with Gasteiger partial charge in [0.05, 0.1) is 0 Å². The summed E-state index contributed by atoms with van der Waals surface area (Å²) in [6.45, 7) is 1.42. The van der Waals surface area contributed by atoms with Gasteiger partial charge in [0.1, 0.15) is 0 Å². The molecule has 3 N–H and O–H groups in total. The van der Waals surface area contributed by atoms with Gasteiger partial charge in [0.2, 0.25) is 0 Å². The van der Waals surface area contributed by atoms with Crippen molar-refractivity contribution in [2.24, 2.45) is 0 Å². The normalized spacial score (nSPS) is 22.3. The molecule has 0 unspecified atom stereocenters. The molecule has 1 saturated heterocycles. The Morgan fingerprint density at radius 3 is 2.00 bits per heavy atom. The van der Waals surface area contributed by atoms with Gasteiger partial charge in [-0.25, -0.2) is 0 Å². The Hall–Kier alpha value is -0.410. The minimum atomic E-state index is 0.708. The van der Waals surface area contributed by atoms with Crippen molar-refractivity contribution in [3.05, 3.63) is 0 Å². The zero-order valence-corrected chi connectivity index (χ0v) is 3.41. The molecule has 0 radical (unpaired) electrons. The molecule has 3 nitrogen and oxygen atoms in total. The highest BCUT2D eigenvalue weighted by atomic mass is 15.4. The third-order valence-corrected chi connectivity index (χ3v) is 0.729. The quantitative estimate of drug-likeness (QED) is 0.357. The molecule has 3 heteroatoms. The first-order valence-corrected chi connectivity index (χ1v) is 1.91. The lowest BCUT2D eigenvalue weighted by atomic mass is 10.4. The first kappa shape index (κ1) is 3.77. The predicted molar refractivity (Wildman–Crippen MR) is 23.7 cm³/mol. The summed E-state index contributed by atoms with van der Waals surface area (Å²) in [5.41, 5.74) is 6.33. The fourth-order valence-corrected chi connectivity index (χ4v) is 0.401. The van der Waals surface area contributed by atoms with Crippen molar-refractivity contribution >= 4 is 5.71 Å². The number of hydrazine groups is 1. The summed E-state index contributed by atoms with van der Waals surface area (Å²) in [5, 5.41) is 6.92. The van der Waals surface area contributed by atoms with E-state index >= 15 is 0 Å². The Bertz CT molecular complexity index is 60.4. The second-order valence-corrected chi connectivity index (χ2v) is 1.31. The minimum absolute atomic E-state index is 0.708. The molecule has 0 aliphatic carbocycles. The van der Waals surface area contributed by atoms with Crippen molar-refractivity contribution < 1.29 is 0 Å². The molecule has 1 fully saturated rings. The third kappa shape index (κ3) is 0.555. The zero-order chi connectivity index (χ0) is 4.41. The fourth-order valence-electron chi connectivity index (χ4n) is 0.401. The summed E-state index contributed by atoms with van der Waals surface area (Å²) in [6, 6.07) is 0. The maximum atomic E-state index is 6.92. The molecule has 0 bridgehead atoms. The second kappa shape index (κ2) is 1.36. The molecule has 0 aromatic rings. The van der Waals surface area contributed by atoms with Crippen LogP contribution in [0, 0.1) is 5.41 Å². The summed E-state index contributed by atoms with van der Waals surface area (Å²) >= 11 is 0. The summed E-state index contributed by atoms with van der Waals surface area (Å²) in [5.74, 6) is 0. The van der Waals surface area contributed by atoms with Gasteiger partial charge in [-0.3, -0.25) is 10.9 Å². The Balaban J connectivity index is 2.37. The van der Waals surface area contributed by atoms with Crippen molar-refractivity contribution in [1.29, 1.82) is 5.41 Å². The Morgan fingerprint density at radius 1 is 1.33 bits per heavy atom. The van der Waals surface area contributed by atoms with Gasteiger partial charge in [0.25, 0.3) is 0 Å². The van der Waals surface area contributed by atoms with E-state index in [1.807, 2.05) is 0 Å². The van der Waals surface area contributed by atoms with Gasteiger partial charge in [0.15, 0.2) is 0 Å². The van der Waals surface area contributed by atoms with E-state index in [0.29, 0.717) is 13.1 Å². The minimum Gasteiger partial charge on any atom is -0.307 e. The monoisotopic (exact) mass is 85.1 g/mol. The van der Waals surface area contributed by atoms with Crippen molar-refractivity contribution in [2.75, 3.05) is 13.1 Å². The van der Waals surface area contributed by atoms with Crippen molar-refractivity contribution in [3.63, 3.8) is 0 Å². The number of rotatable bonds is 0. The summed E-state index contributed by atoms with van der Waals surface area (Å²) in [4.78, 5) is 0. The van der Waals surface area contributed by atoms with Crippen LogP contribution in [0.25, 0.3) is 0 Å². The van der Waals surface area contributed by atoms with Crippen LogP contribution in [0.2, 0.25) is 0 Å². The highest BCUT2D eigenvalue weighted by molar-refractivity contribution is 5.86. The van der Waals surface area contributed by atoms with E-state index in [4.69, 9.17) is 5.41 Å². The topological polar surface area (TPSA) is 47.9 Å². The largest absolute Gasteiger partial charge is 0.307 e. The molecule has 0 aromatic heterocycles.